The first-order chi connectivity index (χ1) is 14.3. The molecule has 2 saturated heterocycles. The molecule has 0 spiro atoms. The number of hydrazine groups is 1. The number of hydrogen-bond acceptors (Lipinski definition) is 4. The summed E-state index contributed by atoms with van der Waals surface area (Å²) in [6.07, 6.45) is 0.268. The Morgan fingerprint density at radius 1 is 0.800 bits per heavy atom. The number of amides is 2. The molecule has 0 atom stereocenters. The minimum atomic E-state index is -0.622. The van der Waals surface area contributed by atoms with Gasteiger partial charge in [-0.15, -0.1) is 0 Å². The molecule has 4 rings (SSSR count). The molecule has 2 aromatic carbocycles. The summed E-state index contributed by atoms with van der Waals surface area (Å²) in [5.41, 5.74) is 1.66. The molecule has 0 bridgehead atoms. The monoisotopic (exact) mass is 445 g/mol. The summed E-state index contributed by atoms with van der Waals surface area (Å²) in [5, 5.41) is 4.67. The van der Waals surface area contributed by atoms with Gasteiger partial charge in [-0.1, -0.05) is 61.3 Å². The number of carbonyl (C=O) groups is 2. The van der Waals surface area contributed by atoms with E-state index in [-0.39, 0.29) is 24.3 Å². The molecular weight excluding hydrogens is 421 g/mol. The third kappa shape index (κ3) is 4.12. The predicted molar refractivity (Wildman–Crippen MR) is 118 cm³/mol. The summed E-state index contributed by atoms with van der Waals surface area (Å²) in [6.45, 7) is 6.36. The second-order valence-corrected chi connectivity index (χ2v) is 9.44. The molecule has 0 aliphatic carbocycles. The first-order valence-electron chi connectivity index (χ1n) is 10.1. The average Bonchev–Trinajstić information content (AvgIpc) is 2.92. The summed E-state index contributed by atoms with van der Waals surface area (Å²) < 4.78 is 0. The van der Waals surface area contributed by atoms with Gasteiger partial charge in [-0.25, -0.2) is 10.0 Å². The molecule has 2 heterocycles. The molecule has 0 radical (unpaired) electrons. The second kappa shape index (κ2) is 8.31. The molecular formula is C23H25Cl2N3O2. The van der Waals surface area contributed by atoms with Crippen LogP contribution in [0.15, 0.2) is 48.5 Å². The lowest BCUT2D eigenvalue weighted by Gasteiger charge is -2.42. The van der Waals surface area contributed by atoms with Gasteiger partial charge in [0.1, 0.15) is 0 Å². The zero-order chi connectivity index (χ0) is 21.5. The van der Waals surface area contributed by atoms with Crippen LogP contribution in [0.5, 0.6) is 0 Å². The van der Waals surface area contributed by atoms with Gasteiger partial charge in [0.2, 0.25) is 11.8 Å². The SMILES string of the molecule is CC1(C)CC(=O)N(N2CCN(C(c3ccc(Cl)cc3)c3ccc(Cl)cc3)CC2)C1=O. The molecule has 0 saturated carbocycles. The Labute approximate surface area is 187 Å². The fourth-order valence-corrected chi connectivity index (χ4v) is 4.54. The lowest BCUT2D eigenvalue weighted by Crippen LogP contribution is -2.56. The maximum atomic E-state index is 12.7. The fourth-order valence-electron chi connectivity index (χ4n) is 4.29. The summed E-state index contributed by atoms with van der Waals surface area (Å²) in [4.78, 5) is 27.5. The van der Waals surface area contributed by atoms with Crippen molar-refractivity contribution in [3.05, 3.63) is 69.7 Å². The largest absolute Gasteiger partial charge is 0.290 e. The Morgan fingerprint density at radius 2 is 1.27 bits per heavy atom. The molecule has 2 amide bonds. The van der Waals surface area contributed by atoms with Crippen LogP contribution in [0.25, 0.3) is 0 Å². The lowest BCUT2D eigenvalue weighted by molar-refractivity contribution is -0.162. The smallest absolute Gasteiger partial charge is 0.250 e. The van der Waals surface area contributed by atoms with E-state index in [1.54, 1.807) is 0 Å². The van der Waals surface area contributed by atoms with Crippen LogP contribution in [0.2, 0.25) is 10.0 Å². The average molecular weight is 446 g/mol. The fraction of sp³-hybridized carbons (Fsp3) is 0.391. The summed E-state index contributed by atoms with van der Waals surface area (Å²) in [6, 6.07) is 15.8. The van der Waals surface area contributed by atoms with E-state index < -0.39 is 5.41 Å². The molecule has 2 aliphatic rings. The van der Waals surface area contributed by atoms with E-state index in [4.69, 9.17) is 23.2 Å². The van der Waals surface area contributed by atoms with Crippen LogP contribution in [-0.4, -0.2) is 52.9 Å². The number of benzene rings is 2. The highest BCUT2D eigenvalue weighted by Crippen LogP contribution is 2.35. The van der Waals surface area contributed by atoms with Crippen LogP contribution >= 0.6 is 23.2 Å². The van der Waals surface area contributed by atoms with E-state index in [1.807, 2.05) is 67.4 Å². The molecule has 158 valence electrons. The molecule has 0 unspecified atom stereocenters. The lowest BCUT2D eigenvalue weighted by atomic mass is 9.92. The van der Waals surface area contributed by atoms with Crippen LogP contribution in [0.3, 0.4) is 0 Å². The molecule has 0 N–H and O–H groups in total. The molecule has 2 aromatic rings. The maximum Gasteiger partial charge on any atom is 0.250 e. The molecule has 0 aromatic heterocycles. The molecule has 2 aliphatic heterocycles. The number of rotatable bonds is 4. The number of piperazine rings is 1. The van der Waals surface area contributed by atoms with Crippen LogP contribution in [-0.2, 0) is 9.59 Å². The van der Waals surface area contributed by atoms with Crippen LogP contribution in [0.4, 0.5) is 0 Å². The van der Waals surface area contributed by atoms with E-state index >= 15 is 0 Å². The molecule has 7 heteroatoms. The Bertz CT molecular complexity index is 890. The van der Waals surface area contributed by atoms with Crippen molar-refractivity contribution in [2.24, 2.45) is 5.41 Å². The van der Waals surface area contributed by atoms with Gasteiger partial charge in [-0.3, -0.25) is 14.5 Å². The maximum absolute atomic E-state index is 12.7. The number of nitrogens with zero attached hydrogens (tertiary/aromatic N) is 3. The molecule has 30 heavy (non-hydrogen) atoms. The highest BCUT2D eigenvalue weighted by atomic mass is 35.5. The van der Waals surface area contributed by atoms with Crippen LogP contribution in [0, 0.1) is 5.41 Å². The Morgan fingerprint density at radius 3 is 1.67 bits per heavy atom. The summed E-state index contributed by atoms with van der Waals surface area (Å²) in [7, 11) is 0. The van der Waals surface area contributed by atoms with Crippen molar-refractivity contribution >= 4 is 35.0 Å². The summed E-state index contributed by atoms with van der Waals surface area (Å²) in [5.74, 6) is -0.210. The normalized spacial score (nSPS) is 20.4. The van der Waals surface area contributed by atoms with Crippen LogP contribution < -0.4 is 0 Å². The van der Waals surface area contributed by atoms with Gasteiger partial charge in [-0.05, 0) is 35.4 Å². The van der Waals surface area contributed by atoms with Crippen molar-refractivity contribution in [3.8, 4) is 0 Å². The third-order valence-electron chi connectivity index (χ3n) is 5.91. The second-order valence-electron chi connectivity index (χ2n) is 8.57. The first-order valence-corrected chi connectivity index (χ1v) is 10.9. The highest BCUT2D eigenvalue weighted by molar-refractivity contribution is 6.30. The van der Waals surface area contributed by atoms with Crippen molar-refractivity contribution in [1.82, 2.24) is 14.9 Å². The zero-order valence-electron chi connectivity index (χ0n) is 17.1. The number of halogens is 2. The first kappa shape index (κ1) is 21.3. The standard InChI is InChI=1S/C23H25Cl2N3O2/c1-23(2)15-20(29)28(22(23)30)27-13-11-26(12-14-27)21(16-3-7-18(24)8-4-16)17-5-9-19(25)10-6-17/h3-10,21H,11-15H2,1-2H3. The van der Waals surface area contributed by atoms with E-state index in [9.17, 15) is 9.59 Å². The quantitative estimate of drug-likeness (QED) is 0.654. The van der Waals surface area contributed by atoms with Crippen molar-refractivity contribution in [1.29, 1.82) is 0 Å². The van der Waals surface area contributed by atoms with E-state index in [0.29, 0.717) is 23.1 Å². The molecule has 2 fully saturated rings. The van der Waals surface area contributed by atoms with Crippen molar-refractivity contribution < 1.29 is 9.59 Å². The Hall–Kier alpha value is -1.92. The van der Waals surface area contributed by atoms with E-state index in [0.717, 1.165) is 24.2 Å². The molecule has 5 nitrogen and oxygen atoms in total. The summed E-state index contributed by atoms with van der Waals surface area (Å²) >= 11 is 12.2. The minimum absolute atomic E-state index is 0.0445. The Balaban J connectivity index is 1.55. The van der Waals surface area contributed by atoms with Gasteiger partial charge in [0.05, 0.1) is 11.5 Å². The minimum Gasteiger partial charge on any atom is -0.290 e. The van der Waals surface area contributed by atoms with E-state index in [2.05, 4.69) is 4.90 Å². The zero-order valence-corrected chi connectivity index (χ0v) is 18.7. The predicted octanol–water partition coefficient (Wildman–Crippen LogP) is 4.40. The van der Waals surface area contributed by atoms with Gasteiger partial charge >= 0.3 is 0 Å². The van der Waals surface area contributed by atoms with Crippen molar-refractivity contribution in [2.45, 2.75) is 26.3 Å². The third-order valence-corrected chi connectivity index (χ3v) is 6.41. The number of imide groups is 1. The Kier molecular flexibility index (Phi) is 5.90. The van der Waals surface area contributed by atoms with Gasteiger partial charge in [0.25, 0.3) is 0 Å². The van der Waals surface area contributed by atoms with Gasteiger partial charge in [0, 0.05) is 42.6 Å². The van der Waals surface area contributed by atoms with E-state index in [1.165, 1.54) is 5.01 Å². The number of carbonyl (C=O) groups excluding carboxylic acids is 2. The van der Waals surface area contributed by atoms with Crippen molar-refractivity contribution in [3.63, 3.8) is 0 Å². The highest BCUT2D eigenvalue weighted by Gasteiger charge is 2.48. The van der Waals surface area contributed by atoms with Crippen molar-refractivity contribution in [2.75, 3.05) is 26.2 Å². The number of hydrogen-bond donors (Lipinski definition) is 0. The van der Waals surface area contributed by atoms with Gasteiger partial charge in [-0.2, -0.15) is 0 Å². The van der Waals surface area contributed by atoms with Crippen LogP contribution in [0.1, 0.15) is 37.4 Å². The van der Waals surface area contributed by atoms with Gasteiger partial charge in [0.15, 0.2) is 0 Å². The topological polar surface area (TPSA) is 43.9 Å². The van der Waals surface area contributed by atoms with Gasteiger partial charge < -0.3 is 0 Å².